The van der Waals surface area contributed by atoms with Crippen molar-refractivity contribution in [1.82, 2.24) is 4.90 Å². The Morgan fingerprint density at radius 2 is 1.85 bits per heavy atom. The predicted molar refractivity (Wildman–Crippen MR) is 78.3 cm³/mol. The first-order valence-corrected chi connectivity index (χ1v) is 7.36. The zero-order valence-electron chi connectivity index (χ0n) is 11.5. The lowest BCUT2D eigenvalue weighted by Crippen LogP contribution is -2.49. The van der Waals surface area contributed by atoms with Crippen LogP contribution in [0.15, 0.2) is 42.5 Å². The zero-order chi connectivity index (χ0) is 13.9. The number of hydrogen-bond donors (Lipinski definition) is 0. The lowest BCUT2D eigenvalue weighted by Gasteiger charge is -2.34. The Morgan fingerprint density at radius 3 is 2.50 bits per heavy atom. The van der Waals surface area contributed by atoms with Crippen molar-refractivity contribution in [3.05, 3.63) is 58.2 Å². The van der Waals surface area contributed by atoms with Crippen LogP contribution in [0.25, 0.3) is 0 Å². The summed E-state index contributed by atoms with van der Waals surface area (Å²) >= 11 is 0. The standard InChI is InChI=1S/C16H20N2O2/c19-18(20)16-14(13-7-2-1-3-8-13)9-6-10-15(16)17-11-4-5-12-17/h1-3,6-8,10,14-16H,4-5,9,11-12H2/t14-,15+,16+/m0/s1. The molecule has 0 unspecified atom stereocenters. The molecule has 1 saturated heterocycles. The monoisotopic (exact) mass is 272 g/mol. The van der Waals surface area contributed by atoms with Crippen molar-refractivity contribution in [2.45, 2.75) is 37.3 Å². The van der Waals surface area contributed by atoms with Crippen LogP contribution in [0, 0.1) is 10.1 Å². The Hall–Kier alpha value is -1.68. The van der Waals surface area contributed by atoms with Crippen molar-refractivity contribution in [3.63, 3.8) is 0 Å². The molecule has 3 rings (SSSR count). The zero-order valence-corrected chi connectivity index (χ0v) is 11.5. The van der Waals surface area contributed by atoms with Gasteiger partial charge in [-0.1, -0.05) is 42.5 Å². The summed E-state index contributed by atoms with van der Waals surface area (Å²) in [6.45, 7) is 1.97. The van der Waals surface area contributed by atoms with Gasteiger partial charge in [0, 0.05) is 4.92 Å². The van der Waals surface area contributed by atoms with Gasteiger partial charge in [-0.2, -0.15) is 0 Å². The largest absolute Gasteiger partial charge is 0.291 e. The van der Waals surface area contributed by atoms with Crippen LogP contribution in [0.4, 0.5) is 0 Å². The average molecular weight is 272 g/mol. The van der Waals surface area contributed by atoms with Crippen LogP contribution in [0.5, 0.6) is 0 Å². The molecule has 0 amide bonds. The molecule has 0 saturated carbocycles. The SMILES string of the molecule is O=[N+]([O-])[C@H]1[C@H](N2CCCC2)C=CC[C@H]1c1ccccc1. The molecule has 1 aromatic rings. The molecule has 0 radical (unpaired) electrons. The number of likely N-dealkylation sites (tertiary alicyclic amines) is 1. The molecule has 106 valence electrons. The molecule has 1 aliphatic heterocycles. The minimum atomic E-state index is -0.527. The van der Waals surface area contributed by atoms with Gasteiger partial charge in [0.05, 0.1) is 12.0 Å². The van der Waals surface area contributed by atoms with E-state index >= 15 is 0 Å². The third kappa shape index (κ3) is 2.48. The fourth-order valence-corrected chi connectivity index (χ4v) is 3.54. The molecular formula is C16H20N2O2. The maximum atomic E-state index is 11.7. The molecule has 4 heteroatoms. The number of hydrogen-bond acceptors (Lipinski definition) is 3. The van der Waals surface area contributed by atoms with E-state index in [2.05, 4.69) is 17.1 Å². The van der Waals surface area contributed by atoms with Crippen LogP contribution in [0.3, 0.4) is 0 Å². The highest BCUT2D eigenvalue weighted by Gasteiger charge is 2.43. The van der Waals surface area contributed by atoms with Crippen LogP contribution >= 0.6 is 0 Å². The van der Waals surface area contributed by atoms with Gasteiger partial charge >= 0.3 is 0 Å². The smallest absolute Gasteiger partial charge is 0.238 e. The Morgan fingerprint density at radius 1 is 1.15 bits per heavy atom. The maximum Gasteiger partial charge on any atom is 0.238 e. The Balaban J connectivity index is 1.91. The van der Waals surface area contributed by atoms with Crippen LogP contribution in [-0.4, -0.2) is 35.0 Å². The second-order valence-electron chi connectivity index (χ2n) is 5.69. The molecule has 1 heterocycles. The first-order valence-electron chi connectivity index (χ1n) is 7.36. The summed E-state index contributed by atoms with van der Waals surface area (Å²) in [6, 6.07) is 9.35. The van der Waals surface area contributed by atoms with Gasteiger partial charge in [0.25, 0.3) is 0 Å². The topological polar surface area (TPSA) is 46.4 Å². The molecule has 2 aliphatic rings. The van der Waals surface area contributed by atoms with E-state index in [1.165, 1.54) is 0 Å². The molecule has 0 N–H and O–H groups in total. The summed E-state index contributed by atoms with van der Waals surface area (Å²) in [7, 11) is 0. The number of nitro groups is 1. The molecule has 1 aromatic carbocycles. The molecule has 0 aromatic heterocycles. The highest BCUT2D eigenvalue weighted by molar-refractivity contribution is 5.25. The average Bonchev–Trinajstić information content (AvgIpc) is 3.01. The third-order valence-corrected chi connectivity index (χ3v) is 4.52. The fourth-order valence-electron chi connectivity index (χ4n) is 3.54. The van der Waals surface area contributed by atoms with Crippen LogP contribution in [-0.2, 0) is 0 Å². The van der Waals surface area contributed by atoms with Gasteiger partial charge in [-0.3, -0.25) is 15.0 Å². The van der Waals surface area contributed by atoms with E-state index in [1.54, 1.807) is 0 Å². The number of nitrogens with zero attached hydrogens (tertiary/aromatic N) is 2. The van der Waals surface area contributed by atoms with E-state index in [0.717, 1.165) is 37.9 Å². The van der Waals surface area contributed by atoms with Crippen LogP contribution in [0.1, 0.15) is 30.7 Å². The molecule has 4 nitrogen and oxygen atoms in total. The summed E-state index contributed by atoms with van der Waals surface area (Å²) in [5.41, 5.74) is 1.09. The van der Waals surface area contributed by atoms with Crippen molar-refractivity contribution in [2.75, 3.05) is 13.1 Å². The predicted octanol–water partition coefficient (Wildman–Crippen LogP) is 2.84. The Bertz CT molecular complexity index is 494. The molecule has 20 heavy (non-hydrogen) atoms. The van der Waals surface area contributed by atoms with E-state index in [1.807, 2.05) is 30.3 Å². The molecular weight excluding hydrogens is 252 g/mol. The van der Waals surface area contributed by atoms with Crippen LogP contribution in [0.2, 0.25) is 0 Å². The van der Waals surface area contributed by atoms with Gasteiger partial charge in [-0.15, -0.1) is 0 Å². The molecule has 0 spiro atoms. The second kappa shape index (κ2) is 5.75. The maximum absolute atomic E-state index is 11.7. The highest BCUT2D eigenvalue weighted by Crippen LogP contribution is 2.34. The van der Waals surface area contributed by atoms with E-state index in [4.69, 9.17) is 0 Å². The second-order valence-corrected chi connectivity index (χ2v) is 5.69. The minimum Gasteiger partial charge on any atom is -0.291 e. The van der Waals surface area contributed by atoms with Gasteiger partial charge in [0.2, 0.25) is 6.04 Å². The summed E-state index contributed by atoms with van der Waals surface area (Å²) in [5, 5.41) is 11.7. The van der Waals surface area contributed by atoms with E-state index in [9.17, 15) is 10.1 Å². The normalized spacial score (nSPS) is 30.5. The van der Waals surface area contributed by atoms with Gasteiger partial charge < -0.3 is 0 Å². The minimum absolute atomic E-state index is 0.0122. The number of rotatable bonds is 3. The van der Waals surface area contributed by atoms with E-state index in [-0.39, 0.29) is 16.9 Å². The van der Waals surface area contributed by atoms with Gasteiger partial charge in [0.1, 0.15) is 0 Å². The Kier molecular flexibility index (Phi) is 3.83. The van der Waals surface area contributed by atoms with Crippen molar-refractivity contribution in [3.8, 4) is 0 Å². The summed E-state index contributed by atoms with van der Waals surface area (Å²) in [6.07, 6.45) is 7.26. The Labute approximate surface area is 119 Å². The van der Waals surface area contributed by atoms with Crippen molar-refractivity contribution >= 4 is 0 Å². The lowest BCUT2D eigenvalue weighted by atomic mass is 9.80. The number of allylic oxidation sites excluding steroid dienone is 1. The van der Waals surface area contributed by atoms with Crippen LogP contribution < -0.4 is 0 Å². The summed E-state index contributed by atoms with van der Waals surface area (Å²) < 4.78 is 0. The first kappa shape index (κ1) is 13.3. The lowest BCUT2D eigenvalue weighted by molar-refractivity contribution is -0.533. The number of benzene rings is 1. The summed E-state index contributed by atoms with van der Waals surface area (Å²) in [4.78, 5) is 13.9. The van der Waals surface area contributed by atoms with Gasteiger partial charge in [-0.25, -0.2) is 0 Å². The molecule has 1 fully saturated rings. The first-order chi connectivity index (χ1) is 9.77. The van der Waals surface area contributed by atoms with Gasteiger partial charge in [-0.05, 0) is 37.9 Å². The quantitative estimate of drug-likeness (QED) is 0.483. The van der Waals surface area contributed by atoms with Crippen molar-refractivity contribution in [2.24, 2.45) is 0 Å². The molecule has 0 bridgehead atoms. The van der Waals surface area contributed by atoms with Gasteiger partial charge in [0.15, 0.2) is 0 Å². The van der Waals surface area contributed by atoms with E-state index < -0.39 is 6.04 Å². The fraction of sp³-hybridized carbons (Fsp3) is 0.500. The van der Waals surface area contributed by atoms with Crippen molar-refractivity contribution in [1.29, 1.82) is 0 Å². The third-order valence-electron chi connectivity index (χ3n) is 4.52. The van der Waals surface area contributed by atoms with Crippen molar-refractivity contribution < 1.29 is 4.92 Å². The highest BCUT2D eigenvalue weighted by atomic mass is 16.6. The molecule has 3 atom stereocenters. The molecule has 1 aliphatic carbocycles. The van der Waals surface area contributed by atoms with E-state index in [0.29, 0.717) is 0 Å². The summed E-state index contributed by atoms with van der Waals surface area (Å²) in [5.74, 6) is -0.0122.